The van der Waals surface area contributed by atoms with E-state index in [4.69, 9.17) is 5.11 Å². The van der Waals surface area contributed by atoms with Crippen molar-refractivity contribution < 1.29 is 31.8 Å². The van der Waals surface area contributed by atoms with E-state index in [1.165, 1.54) is 6.92 Å². The number of aliphatic hydroxyl groups excluding tert-OH is 1. The Balaban J connectivity index is 2.88. The SMILES string of the molecule is CCOC(=O)c1cn[nH]c1S(=O)(=O)NCC(O)C(F)F. The number of alkyl halides is 2. The molecule has 1 aromatic heterocycles. The molecular weight excluding hydrogens is 300 g/mol. The van der Waals surface area contributed by atoms with Crippen molar-refractivity contribution in [3.05, 3.63) is 11.8 Å². The summed E-state index contributed by atoms with van der Waals surface area (Å²) in [6.45, 7) is 0.658. The second kappa shape index (κ2) is 6.72. The molecule has 1 unspecified atom stereocenters. The van der Waals surface area contributed by atoms with Crippen LogP contribution in [0.5, 0.6) is 0 Å². The van der Waals surface area contributed by atoms with Gasteiger partial charge in [0.25, 0.3) is 16.4 Å². The van der Waals surface area contributed by atoms with Crippen molar-refractivity contribution in [2.24, 2.45) is 0 Å². The molecule has 1 heterocycles. The minimum atomic E-state index is -4.30. The minimum absolute atomic E-state index is 0.0288. The number of H-pyrrole nitrogens is 1. The molecule has 0 aliphatic heterocycles. The third-order valence-corrected chi connectivity index (χ3v) is 3.54. The highest BCUT2D eigenvalue weighted by Crippen LogP contribution is 2.13. The summed E-state index contributed by atoms with van der Waals surface area (Å²) in [5.41, 5.74) is -0.356. The van der Waals surface area contributed by atoms with Crippen molar-refractivity contribution in [3.8, 4) is 0 Å². The molecule has 1 atom stereocenters. The van der Waals surface area contributed by atoms with Gasteiger partial charge in [-0.05, 0) is 6.92 Å². The fourth-order valence-electron chi connectivity index (χ4n) is 1.19. The predicted octanol–water partition coefficient (Wildman–Crippen LogP) is -0.509. The van der Waals surface area contributed by atoms with Gasteiger partial charge in [0.1, 0.15) is 11.7 Å². The summed E-state index contributed by atoms with van der Waals surface area (Å²) >= 11 is 0. The Kier molecular flexibility index (Phi) is 5.53. The second-order valence-corrected chi connectivity index (χ2v) is 5.29. The van der Waals surface area contributed by atoms with Gasteiger partial charge in [-0.1, -0.05) is 0 Å². The van der Waals surface area contributed by atoms with Crippen LogP contribution >= 0.6 is 0 Å². The highest BCUT2D eigenvalue weighted by molar-refractivity contribution is 7.89. The average molecular weight is 313 g/mol. The molecule has 0 radical (unpaired) electrons. The van der Waals surface area contributed by atoms with Crippen LogP contribution < -0.4 is 4.72 Å². The van der Waals surface area contributed by atoms with Crippen molar-refractivity contribution in [3.63, 3.8) is 0 Å². The Labute approximate surface area is 113 Å². The van der Waals surface area contributed by atoms with Crippen molar-refractivity contribution >= 4 is 16.0 Å². The van der Waals surface area contributed by atoms with Crippen molar-refractivity contribution in [1.82, 2.24) is 14.9 Å². The van der Waals surface area contributed by atoms with E-state index in [1.807, 2.05) is 0 Å². The molecule has 1 aromatic rings. The van der Waals surface area contributed by atoms with Crippen LogP contribution in [0, 0.1) is 0 Å². The highest BCUT2D eigenvalue weighted by Gasteiger charge is 2.27. The van der Waals surface area contributed by atoms with Gasteiger partial charge in [0.05, 0.1) is 12.8 Å². The largest absolute Gasteiger partial charge is 0.462 e. The summed E-state index contributed by atoms with van der Waals surface area (Å²) < 4.78 is 54.1. The number of carbonyl (C=O) groups excluding carboxylic acids is 1. The van der Waals surface area contributed by atoms with E-state index in [1.54, 1.807) is 4.72 Å². The number of nitrogens with zero attached hydrogens (tertiary/aromatic N) is 1. The fraction of sp³-hybridized carbons (Fsp3) is 0.556. The van der Waals surface area contributed by atoms with Gasteiger partial charge in [-0.3, -0.25) is 5.10 Å². The number of aliphatic hydroxyl groups is 1. The Bertz CT molecular complexity index is 560. The van der Waals surface area contributed by atoms with Gasteiger partial charge in [-0.15, -0.1) is 0 Å². The van der Waals surface area contributed by atoms with Crippen molar-refractivity contribution in [2.45, 2.75) is 24.5 Å². The van der Waals surface area contributed by atoms with Crippen molar-refractivity contribution in [1.29, 1.82) is 0 Å². The van der Waals surface area contributed by atoms with Gasteiger partial charge < -0.3 is 9.84 Å². The minimum Gasteiger partial charge on any atom is -0.462 e. The molecule has 0 fully saturated rings. The fourth-order valence-corrected chi connectivity index (χ4v) is 2.32. The zero-order valence-corrected chi connectivity index (χ0v) is 11.2. The maximum absolute atomic E-state index is 12.1. The molecule has 0 saturated heterocycles. The number of hydrogen-bond donors (Lipinski definition) is 3. The van der Waals surface area contributed by atoms with Crippen LogP contribution in [0.25, 0.3) is 0 Å². The topological polar surface area (TPSA) is 121 Å². The number of nitrogens with one attached hydrogen (secondary N) is 2. The summed E-state index contributed by atoms with van der Waals surface area (Å²) in [6.07, 6.45) is -4.31. The molecule has 11 heteroatoms. The number of esters is 1. The lowest BCUT2D eigenvalue weighted by Crippen LogP contribution is -2.36. The quantitative estimate of drug-likeness (QED) is 0.583. The number of carbonyl (C=O) groups is 1. The van der Waals surface area contributed by atoms with Crippen molar-refractivity contribution in [2.75, 3.05) is 13.2 Å². The number of halogens is 2. The number of hydrogen-bond acceptors (Lipinski definition) is 6. The number of ether oxygens (including phenoxy) is 1. The normalized spacial score (nSPS) is 13.4. The van der Waals surface area contributed by atoms with Crippen LogP contribution in [0.1, 0.15) is 17.3 Å². The van der Waals surface area contributed by atoms with Crippen LogP contribution in [0.3, 0.4) is 0 Å². The third kappa shape index (κ3) is 3.95. The van der Waals surface area contributed by atoms with Crippen LogP contribution in [0.4, 0.5) is 8.78 Å². The zero-order chi connectivity index (χ0) is 15.3. The third-order valence-electron chi connectivity index (χ3n) is 2.14. The molecule has 0 saturated carbocycles. The molecule has 114 valence electrons. The highest BCUT2D eigenvalue weighted by atomic mass is 32.2. The first-order valence-corrected chi connectivity index (χ1v) is 6.94. The first kappa shape index (κ1) is 16.5. The zero-order valence-electron chi connectivity index (χ0n) is 10.3. The number of rotatable bonds is 7. The van der Waals surface area contributed by atoms with Gasteiger partial charge in [-0.2, -0.15) is 5.10 Å². The van der Waals surface area contributed by atoms with E-state index in [2.05, 4.69) is 14.9 Å². The lowest BCUT2D eigenvalue weighted by Gasteiger charge is -2.11. The van der Waals surface area contributed by atoms with Crippen LogP contribution in [0.15, 0.2) is 11.2 Å². The van der Waals surface area contributed by atoms with E-state index < -0.39 is 40.1 Å². The van der Waals surface area contributed by atoms with E-state index in [0.717, 1.165) is 6.20 Å². The standard InChI is InChI=1S/C9H13F2N3O5S/c1-2-19-9(16)5-3-12-14-8(5)20(17,18)13-4-6(15)7(10)11/h3,6-7,13,15H,2,4H2,1H3,(H,12,14). The van der Waals surface area contributed by atoms with Gasteiger partial charge in [0, 0.05) is 6.54 Å². The smallest absolute Gasteiger partial charge is 0.342 e. The van der Waals surface area contributed by atoms with Crippen LogP contribution in [-0.2, 0) is 14.8 Å². The molecule has 0 bridgehead atoms. The van der Waals surface area contributed by atoms with Gasteiger partial charge >= 0.3 is 5.97 Å². The molecule has 8 nitrogen and oxygen atoms in total. The lowest BCUT2D eigenvalue weighted by molar-refractivity contribution is -0.000465. The summed E-state index contributed by atoms with van der Waals surface area (Å²) in [6, 6.07) is 0. The monoisotopic (exact) mass is 313 g/mol. The first-order valence-electron chi connectivity index (χ1n) is 5.46. The molecule has 1 rings (SSSR count). The Morgan fingerprint density at radius 2 is 2.25 bits per heavy atom. The molecule has 0 aromatic carbocycles. The van der Waals surface area contributed by atoms with Gasteiger partial charge in [0.2, 0.25) is 0 Å². The van der Waals surface area contributed by atoms with Gasteiger partial charge in [0.15, 0.2) is 5.03 Å². The van der Waals surface area contributed by atoms with E-state index in [-0.39, 0.29) is 12.2 Å². The number of aromatic nitrogens is 2. The Hall–Kier alpha value is -1.59. The molecule has 0 amide bonds. The number of sulfonamides is 1. The van der Waals surface area contributed by atoms with Crippen LogP contribution in [-0.4, -0.2) is 55.4 Å². The molecule has 3 N–H and O–H groups in total. The summed E-state index contributed by atoms with van der Waals surface area (Å²) in [5, 5.41) is 13.7. The molecular formula is C9H13F2N3O5S. The molecule has 0 aliphatic rings. The van der Waals surface area contributed by atoms with E-state index in [0.29, 0.717) is 0 Å². The molecule has 0 spiro atoms. The Morgan fingerprint density at radius 3 is 2.80 bits per heavy atom. The van der Waals surface area contributed by atoms with Crippen LogP contribution in [0.2, 0.25) is 0 Å². The maximum Gasteiger partial charge on any atom is 0.342 e. The summed E-state index contributed by atoms with van der Waals surface area (Å²) in [7, 11) is -4.30. The second-order valence-electron chi connectivity index (χ2n) is 3.59. The molecule has 20 heavy (non-hydrogen) atoms. The first-order chi connectivity index (χ1) is 9.29. The predicted molar refractivity (Wildman–Crippen MR) is 61.7 cm³/mol. The summed E-state index contributed by atoms with van der Waals surface area (Å²) in [4.78, 5) is 11.5. The maximum atomic E-state index is 12.1. The lowest BCUT2D eigenvalue weighted by atomic mass is 10.4. The molecule has 0 aliphatic carbocycles. The Morgan fingerprint density at radius 1 is 1.60 bits per heavy atom. The van der Waals surface area contributed by atoms with E-state index in [9.17, 15) is 22.0 Å². The summed E-state index contributed by atoms with van der Waals surface area (Å²) in [5.74, 6) is -0.920. The number of aromatic amines is 1. The van der Waals surface area contributed by atoms with Gasteiger partial charge in [-0.25, -0.2) is 26.7 Å². The van der Waals surface area contributed by atoms with E-state index >= 15 is 0 Å². The average Bonchev–Trinajstić information content (AvgIpc) is 2.86.